The van der Waals surface area contributed by atoms with Crippen LogP contribution in [0.1, 0.15) is 27.9 Å². The maximum absolute atomic E-state index is 12.7. The lowest BCUT2D eigenvalue weighted by molar-refractivity contribution is 0.0534. The molecule has 0 bridgehead atoms. The van der Waals surface area contributed by atoms with Gasteiger partial charge in [-0.05, 0) is 20.0 Å². The summed E-state index contributed by atoms with van der Waals surface area (Å²) in [5.74, 6) is 0.737. The molecule has 0 saturated carbocycles. The molecule has 7 heteroatoms. The minimum Gasteiger partial charge on any atom is -0.347 e. The summed E-state index contributed by atoms with van der Waals surface area (Å²) >= 11 is 0. The van der Waals surface area contributed by atoms with Gasteiger partial charge in [0.2, 0.25) is 5.56 Å². The summed E-state index contributed by atoms with van der Waals surface area (Å²) < 4.78 is 0. The number of amides is 1. The third-order valence-corrected chi connectivity index (χ3v) is 4.00. The van der Waals surface area contributed by atoms with Gasteiger partial charge in [-0.3, -0.25) is 14.5 Å². The molecule has 2 aromatic rings. The van der Waals surface area contributed by atoms with Crippen molar-refractivity contribution in [3.05, 3.63) is 52.0 Å². The zero-order chi connectivity index (χ0) is 15.7. The SMILES string of the molecule is Cc1cc(C(=O)N2CCN(C)[C@H](c3ncc[nH]3)C2)cc(=O)[nH]1. The highest BCUT2D eigenvalue weighted by Crippen LogP contribution is 2.22. The third-order valence-electron chi connectivity index (χ3n) is 4.00. The van der Waals surface area contributed by atoms with Crippen LogP contribution in [0.4, 0.5) is 0 Å². The predicted molar refractivity (Wildman–Crippen MR) is 81.7 cm³/mol. The number of nitrogens with one attached hydrogen (secondary N) is 2. The van der Waals surface area contributed by atoms with Crippen LogP contribution in [0.25, 0.3) is 0 Å². The van der Waals surface area contributed by atoms with Crippen molar-refractivity contribution in [2.45, 2.75) is 13.0 Å². The minimum absolute atomic E-state index is 0.0378. The van der Waals surface area contributed by atoms with Gasteiger partial charge in [0, 0.05) is 49.4 Å². The summed E-state index contributed by atoms with van der Waals surface area (Å²) in [6, 6.07) is 3.11. The Hall–Kier alpha value is -2.41. The van der Waals surface area contributed by atoms with Crippen molar-refractivity contribution in [3.8, 4) is 0 Å². The van der Waals surface area contributed by atoms with E-state index < -0.39 is 0 Å². The maximum Gasteiger partial charge on any atom is 0.254 e. The van der Waals surface area contributed by atoms with Gasteiger partial charge in [0.1, 0.15) is 5.82 Å². The van der Waals surface area contributed by atoms with E-state index in [0.29, 0.717) is 24.3 Å². The Morgan fingerprint density at radius 1 is 1.36 bits per heavy atom. The number of imidazole rings is 1. The van der Waals surface area contributed by atoms with Crippen molar-refractivity contribution in [2.24, 2.45) is 0 Å². The smallest absolute Gasteiger partial charge is 0.254 e. The Bertz CT molecular complexity index is 722. The number of rotatable bonds is 2. The second-order valence-corrected chi connectivity index (χ2v) is 5.64. The molecule has 1 amide bonds. The number of H-pyrrole nitrogens is 2. The van der Waals surface area contributed by atoms with Crippen molar-refractivity contribution in [3.63, 3.8) is 0 Å². The standard InChI is InChI=1S/C15H19N5O2/c1-10-7-11(8-13(21)18-10)15(22)20-6-5-19(2)12(9-20)14-16-3-4-17-14/h3-4,7-8,12H,5-6,9H2,1-2H3,(H,16,17)(H,18,21)/t12-/m0/s1. The molecule has 0 unspecified atom stereocenters. The van der Waals surface area contributed by atoms with Crippen LogP contribution in [0, 0.1) is 6.92 Å². The Morgan fingerprint density at radius 2 is 2.18 bits per heavy atom. The minimum atomic E-state index is -0.250. The molecule has 0 radical (unpaired) electrons. The van der Waals surface area contributed by atoms with E-state index in [0.717, 1.165) is 12.4 Å². The molecule has 22 heavy (non-hydrogen) atoms. The molecule has 1 atom stereocenters. The largest absolute Gasteiger partial charge is 0.347 e. The highest BCUT2D eigenvalue weighted by Gasteiger charge is 2.30. The van der Waals surface area contributed by atoms with Crippen molar-refractivity contribution in [2.75, 3.05) is 26.7 Å². The van der Waals surface area contributed by atoms with Gasteiger partial charge in [-0.1, -0.05) is 0 Å². The second kappa shape index (κ2) is 5.76. The van der Waals surface area contributed by atoms with Crippen molar-refractivity contribution in [1.82, 2.24) is 24.8 Å². The number of pyridine rings is 1. The van der Waals surface area contributed by atoms with Crippen LogP contribution >= 0.6 is 0 Å². The summed E-state index contributed by atoms with van der Waals surface area (Å²) in [6.07, 6.45) is 3.49. The zero-order valence-electron chi connectivity index (χ0n) is 12.7. The van der Waals surface area contributed by atoms with Crippen LogP contribution in [-0.2, 0) is 0 Å². The lowest BCUT2D eigenvalue weighted by atomic mass is 10.1. The Kier molecular flexibility index (Phi) is 3.81. The van der Waals surface area contributed by atoms with Gasteiger partial charge in [0.05, 0.1) is 6.04 Å². The fraction of sp³-hybridized carbons (Fsp3) is 0.400. The third kappa shape index (κ3) is 2.80. The number of carbonyl (C=O) groups is 1. The molecular weight excluding hydrogens is 282 g/mol. The highest BCUT2D eigenvalue weighted by atomic mass is 16.2. The van der Waals surface area contributed by atoms with E-state index in [4.69, 9.17) is 0 Å². The van der Waals surface area contributed by atoms with Gasteiger partial charge in [0.25, 0.3) is 5.91 Å². The normalized spacial score (nSPS) is 19.4. The van der Waals surface area contributed by atoms with Gasteiger partial charge in [-0.2, -0.15) is 0 Å². The van der Waals surface area contributed by atoms with Gasteiger partial charge in [-0.15, -0.1) is 0 Å². The topological polar surface area (TPSA) is 85.1 Å². The van der Waals surface area contributed by atoms with E-state index in [9.17, 15) is 9.59 Å². The predicted octanol–water partition coefficient (Wildman–Crippen LogP) is 0.535. The van der Waals surface area contributed by atoms with Gasteiger partial charge in [-0.25, -0.2) is 4.98 Å². The molecule has 1 fully saturated rings. The second-order valence-electron chi connectivity index (χ2n) is 5.64. The molecule has 1 aliphatic rings. The fourth-order valence-electron chi connectivity index (χ4n) is 2.80. The van der Waals surface area contributed by atoms with Crippen molar-refractivity contribution in [1.29, 1.82) is 0 Å². The van der Waals surface area contributed by atoms with E-state index in [1.165, 1.54) is 6.07 Å². The molecule has 1 aliphatic heterocycles. The number of aromatic amines is 2. The van der Waals surface area contributed by atoms with Gasteiger partial charge >= 0.3 is 0 Å². The number of aromatic nitrogens is 3. The maximum atomic E-state index is 12.7. The Labute approximate surface area is 128 Å². The number of hydrogen-bond acceptors (Lipinski definition) is 4. The van der Waals surface area contributed by atoms with Crippen LogP contribution in [0.5, 0.6) is 0 Å². The quantitative estimate of drug-likeness (QED) is 0.847. The molecule has 116 valence electrons. The molecule has 0 aromatic carbocycles. The molecule has 1 saturated heterocycles. The lowest BCUT2D eigenvalue weighted by Crippen LogP contribution is -2.49. The number of carbonyl (C=O) groups excluding carboxylic acids is 1. The number of aryl methyl sites for hydroxylation is 1. The number of piperazine rings is 1. The molecule has 3 heterocycles. The molecule has 2 N–H and O–H groups in total. The summed E-state index contributed by atoms with van der Waals surface area (Å²) in [5, 5.41) is 0. The Morgan fingerprint density at radius 3 is 2.86 bits per heavy atom. The zero-order valence-corrected chi connectivity index (χ0v) is 12.7. The van der Waals surface area contributed by atoms with Gasteiger partial charge < -0.3 is 14.9 Å². The first-order chi connectivity index (χ1) is 10.5. The van der Waals surface area contributed by atoms with E-state index in [2.05, 4.69) is 19.9 Å². The van der Waals surface area contributed by atoms with E-state index in [1.54, 1.807) is 30.3 Å². The summed E-state index contributed by atoms with van der Waals surface area (Å²) in [7, 11) is 2.02. The molecular formula is C15H19N5O2. The molecule has 2 aromatic heterocycles. The van der Waals surface area contributed by atoms with Crippen LogP contribution in [0.3, 0.4) is 0 Å². The van der Waals surface area contributed by atoms with Gasteiger partial charge in [0.15, 0.2) is 0 Å². The van der Waals surface area contributed by atoms with Crippen LogP contribution in [0.15, 0.2) is 29.3 Å². The first kappa shape index (κ1) is 14.5. The van der Waals surface area contributed by atoms with Crippen molar-refractivity contribution < 1.29 is 4.79 Å². The van der Waals surface area contributed by atoms with E-state index >= 15 is 0 Å². The summed E-state index contributed by atoms with van der Waals surface area (Å²) in [5.41, 5.74) is 0.872. The monoisotopic (exact) mass is 301 g/mol. The van der Waals surface area contributed by atoms with Crippen LogP contribution in [-0.4, -0.2) is 57.3 Å². The molecule has 3 rings (SSSR count). The fourth-order valence-corrected chi connectivity index (χ4v) is 2.80. The number of likely N-dealkylation sites (N-methyl/N-ethyl adjacent to an activating group) is 1. The molecule has 0 spiro atoms. The van der Waals surface area contributed by atoms with Crippen LogP contribution < -0.4 is 5.56 Å². The summed E-state index contributed by atoms with van der Waals surface area (Å²) in [4.78, 5) is 38.2. The molecule has 7 nitrogen and oxygen atoms in total. The number of nitrogens with zero attached hydrogens (tertiary/aromatic N) is 3. The lowest BCUT2D eigenvalue weighted by Gasteiger charge is -2.38. The van der Waals surface area contributed by atoms with E-state index in [-0.39, 0.29) is 17.5 Å². The summed E-state index contributed by atoms with van der Waals surface area (Å²) in [6.45, 7) is 3.72. The number of hydrogen-bond donors (Lipinski definition) is 2. The van der Waals surface area contributed by atoms with Crippen molar-refractivity contribution >= 4 is 5.91 Å². The van der Waals surface area contributed by atoms with Crippen LogP contribution in [0.2, 0.25) is 0 Å². The Balaban J connectivity index is 1.82. The first-order valence-electron chi connectivity index (χ1n) is 7.24. The molecule has 0 aliphatic carbocycles. The average Bonchev–Trinajstić information content (AvgIpc) is 3.00. The first-order valence-corrected chi connectivity index (χ1v) is 7.24. The highest BCUT2D eigenvalue weighted by molar-refractivity contribution is 5.94. The van der Waals surface area contributed by atoms with E-state index in [1.807, 2.05) is 7.05 Å². The average molecular weight is 301 g/mol.